The molecule has 4 N–H and O–H groups in total. The van der Waals surface area contributed by atoms with Crippen LogP contribution in [0.25, 0.3) is 0 Å². The first kappa shape index (κ1) is 51.1. The number of nitrogens with two attached hydrogens (primary N) is 2. The molecule has 3 aromatic rings. The lowest BCUT2D eigenvalue weighted by molar-refractivity contribution is -0.138. The molecule has 320 valence electrons. The van der Waals surface area contributed by atoms with Crippen LogP contribution in [0.4, 0.5) is 71.9 Å². The lowest BCUT2D eigenvalue weighted by atomic mass is 10.1. The maximum Gasteiger partial charge on any atom is 0.424 e. The molecule has 3 aromatic carbocycles. The van der Waals surface area contributed by atoms with Crippen LogP contribution in [0.2, 0.25) is 0 Å². The van der Waals surface area contributed by atoms with Gasteiger partial charge in [-0.2, -0.15) is 44.4 Å². The summed E-state index contributed by atoms with van der Waals surface area (Å²) in [4.78, 5) is 29.5. The van der Waals surface area contributed by atoms with Gasteiger partial charge in [0.2, 0.25) is 0 Å². The van der Waals surface area contributed by atoms with E-state index >= 15 is 0 Å². The molecule has 0 atom stereocenters. The predicted octanol–water partition coefficient (Wildman–Crippen LogP) is 11.9. The van der Waals surface area contributed by atoms with E-state index < -0.39 is 58.6 Å². The van der Waals surface area contributed by atoms with Crippen LogP contribution in [0, 0.1) is 0 Å². The largest absolute Gasteiger partial charge is 0.443 e. The van der Waals surface area contributed by atoms with Crippen molar-refractivity contribution in [1.29, 1.82) is 0 Å². The minimum atomic E-state index is -4.66. The fraction of sp³-hybridized carbons (Fsp3) is 0.459. The number of carbonyl (C=O) groups excluding carboxylic acids is 2. The first-order valence-corrected chi connectivity index (χ1v) is 18.0. The van der Waals surface area contributed by atoms with E-state index in [4.69, 9.17) is 20.9 Å². The fourth-order valence-corrected chi connectivity index (χ4v) is 5.58. The minimum absolute atomic E-state index is 0. The molecule has 2 amide bonds. The quantitative estimate of drug-likeness (QED) is 0.193. The highest BCUT2D eigenvalue weighted by Crippen LogP contribution is 2.37. The van der Waals surface area contributed by atoms with Gasteiger partial charge < -0.3 is 30.7 Å². The van der Waals surface area contributed by atoms with E-state index in [1.165, 1.54) is 18.2 Å². The van der Waals surface area contributed by atoms with Gasteiger partial charge >= 0.3 is 30.7 Å². The Morgan fingerprint density at radius 3 is 1.35 bits per heavy atom. The van der Waals surface area contributed by atoms with Gasteiger partial charge in [0, 0.05) is 52.2 Å². The summed E-state index contributed by atoms with van der Waals surface area (Å²) in [6.07, 6.45) is -15.6. The van der Waals surface area contributed by atoms with Crippen molar-refractivity contribution < 1.29 is 58.6 Å². The summed E-state index contributed by atoms with van der Waals surface area (Å²) in [6.45, 7) is 12.5. The van der Waals surface area contributed by atoms with Crippen molar-refractivity contribution in [3.63, 3.8) is 0 Å². The number of amides is 2. The van der Waals surface area contributed by atoms with Crippen LogP contribution in [0.3, 0.4) is 0 Å². The molecule has 9 nitrogen and oxygen atoms in total. The molecule has 4 rings (SSSR count). The van der Waals surface area contributed by atoms with E-state index in [1.54, 1.807) is 47.6 Å². The predicted molar refractivity (Wildman–Crippen MR) is 210 cm³/mol. The Morgan fingerprint density at radius 2 is 0.965 bits per heavy atom. The van der Waals surface area contributed by atoms with Gasteiger partial charge in [-0.1, -0.05) is 39.3 Å². The second kappa shape index (κ2) is 19.7. The molecule has 1 aliphatic rings. The number of nitrogen functional groups attached to an aromatic ring is 2. The van der Waals surface area contributed by atoms with Crippen molar-refractivity contribution in [3.05, 3.63) is 80.2 Å². The maximum absolute atomic E-state index is 13.1. The van der Waals surface area contributed by atoms with E-state index in [9.17, 15) is 49.1 Å². The third-order valence-electron chi connectivity index (χ3n) is 7.00. The zero-order valence-corrected chi connectivity index (χ0v) is 34.5. The van der Waals surface area contributed by atoms with Gasteiger partial charge in [-0.05, 0) is 103 Å². The molecule has 0 unspecified atom stereocenters. The summed E-state index contributed by atoms with van der Waals surface area (Å²) in [6, 6.07) is 9.74. The van der Waals surface area contributed by atoms with Gasteiger partial charge in [0.25, 0.3) is 0 Å². The van der Waals surface area contributed by atoms with Crippen LogP contribution < -0.4 is 21.3 Å². The zero-order valence-electron chi connectivity index (χ0n) is 31.3. The average Bonchev–Trinajstić information content (AvgIpc) is 2.98. The van der Waals surface area contributed by atoms with E-state index in [2.05, 4.69) is 36.8 Å². The number of nitrogens with zero attached hydrogens (tertiary/aromatic N) is 3. The molecular formula is C37H46Br2F9N5O4. The van der Waals surface area contributed by atoms with Crippen molar-refractivity contribution >= 4 is 66.8 Å². The third kappa shape index (κ3) is 17.6. The van der Waals surface area contributed by atoms with Crippen molar-refractivity contribution in [2.24, 2.45) is 0 Å². The highest BCUT2D eigenvalue weighted by Gasteiger charge is 2.37. The van der Waals surface area contributed by atoms with Gasteiger partial charge in [-0.15, -0.1) is 0 Å². The number of imide groups is 1. The Balaban J connectivity index is 0.000000454. The maximum atomic E-state index is 13.1. The number of hydrogen-bond donors (Lipinski definition) is 2. The van der Waals surface area contributed by atoms with E-state index in [-0.39, 0.29) is 29.0 Å². The Kier molecular flexibility index (Phi) is 17.7. The van der Waals surface area contributed by atoms with Gasteiger partial charge in [0.1, 0.15) is 11.2 Å². The molecule has 0 saturated carbocycles. The second-order valence-corrected chi connectivity index (χ2v) is 16.2. The van der Waals surface area contributed by atoms with Gasteiger partial charge in [0.05, 0.1) is 22.4 Å². The first-order chi connectivity index (χ1) is 25.2. The summed E-state index contributed by atoms with van der Waals surface area (Å²) in [5, 5.41) is 0. The first-order valence-electron chi connectivity index (χ1n) is 16.4. The van der Waals surface area contributed by atoms with E-state index in [0.717, 1.165) is 50.4 Å². The topological polar surface area (TPSA) is 114 Å². The Bertz CT molecular complexity index is 1770. The van der Waals surface area contributed by atoms with Crippen LogP contribution in [0.5, 0.6) is 0 Å². The number of hydrogen-bond acceptors (Lipinski definition) is 8. The normalized spacial score (nSPS) is 13.9. The third-order valence-corrected chi connectivity index (χ3v) is 7.92. The minimum Gasteiger partial charge on any atom is -0.443 e. The molecule has 0 radical (unpaired) electrons. The Morgan fingerprint density at radius 1 is 0.596 bits per heavy atom. The number of alkyl halides is 9. The van der Waals surface area contributed by atoms with Crippen LogP contribution in [0.1, 0.15) is 65.7 Å². The number of piperazine rings is 1. The Labute approximate surface area is 342 Å². The van der Waals surface area contributed by atoms with Crippen molar-refractivity contribution in [3.8, 4) is 0 Å². The lowest BCUT2D eigenvalue weighted by Crippen LogP contribution is -2.44. The molecule has 0 aromatic heterocycles. The van der Waals surface area contributed by atoms with Crippen molar-refractivity contribution in [1.82, 2.24) is 4.90 Å². The number of anilines is 4. The highest BCUT2D eigenvalue weighted by atomic mass is 79.9. The molecule has 20 heteroatoms. The van der Waals surface area contributed by atoms with Gasteiger partial charge in [-0.3, -0.25) is 0 Å². The molecule has 1 fully saturated rings. The number of likely N-dealkylation sites (N-methyl/N-ethyl adjacent to an activating group) is 1. The molecule has 0 spiro atoms. The summed E-state index contributed by atoms with van der Waals surface area (Å²) < 4.78 is 124. The smallest absolute Gasteiger partial charge is 0.424 e. The monoisotopic (exact) mass is 953 g/mol. The summed E-state index contributed by atoms with van der Waals surface area (Å²) in [7, 11) is 2.00. The van der Waals surface area contributed by atoms with Gasteiger partial charge in [0.15, 0.2) is 0 Å². The average molecular weight is 956 g/mol. The molecule has 1 saturated heterocycles. The molecule has 57 heavy (non-hydrogen) atoms. The Hall–Kier alpha value is -3.91. The van der Waals surface area contributed by atoms with Gasteiger partial charge in [-0.25, -0.2) is 9.59 Å². The second-order valence-electron chi connectivity index (χ2n) is 14.4. The van der Waals surface area contributed by atoms with Crippen molar-refractivity contribution in [2.75, 3.05) is 54.5 Å². The molecule has 1 aliphatic heterocycles. The summed E-state index contributed by atoms with van der Waals surface area (Å²) in [5.41, 5.74) is 6.87. The SMILES string of the molecule is C.CC(C)(C)OC(=O)N(C(=O)OC(C)(C)C)c1cc(Br)cc(C(F)(F)F)c1.CN1CCN(c2cc(N)cc(C(F)(F)F)c2)CC1.Nc1cc(Br)cc(C(F)(F)F)c1. The summed E-state index contributed by atoms with van der Waals surface area (Å²) in [5.74, 6) is 0. The zero-order chi connectivity index (χ0) is 43.2. The summed E-state index contributed by atoms with van der Waals surface area (Å²) >= 11 is 5.89. The standard InChI is InChI=1S/C17H21BrF3NO4.C12H16F3N3.C7H5BrF3N.CH4/c1-15(2,3)25-13(23)22(14(24)26-16(4,5)6)12-8-10(17(19,20)21)7-11(18)9-12;1-17-2-4-18(5-3-17)11-7-9(12(13,14)15)6-10(16)8-11;8-5-1-4(7(9,10)11)2-6(12)3-5;/h7-9H,1-6H3;6-8H,2-5,16H2,1H3;1-3H,12H2;1H4. The number of halogens is 11. The van der Waals surface area contributed by atoms with Crippen molar-refractivity contribution in [2.45, 2.75) is 78.7 Å². The van der Waals surface area contributed by atoms with Crippen LogP contribution >= 0.6 is 31.9 Å². The molecule has 0 bridgehead atoms. The molecular weight excluding hydrogens is 909 g/mol. The number of ether oxygens (including phenoxy) is 2. The van der Waals surface area contributed by atoms with E-state index in [1.807, 2.05) is 11.9 Å². The number of benzene rings is 3. The number of rotatable bonds is 2. The molecule has 0 aliphatic carbocycles. The van der Waals surface area contributed by atoms with Crippen LogP contribution in [-0.4, -0.2) is 61.5 Å². The fourth-order valence-electron chi connectivity index (χ4n) is 4.59. The highest BCUT2D eigenvalue weighted by molar-refractivity contribution is 9.10. The lowest BCUT2D eigenvalue weighted by Gasteiger charge is -2.34. The van der Waals surface area contributed by atoms with E-state index in [0.29, 0.717) is 21.1 Å². The molecule has 1 heterocycles. The number of carbonyl (C=O) groups is 2. The van der Waals surface area contributed by atoms with Crippen LogP contribution in [-0.2, 0) is 28.0 Å². The van der Waals surface area contributed by atoms with Crippen LogP contribution in [0.15, 0.2) is 63.5 Å².